The zero-order chi connectivity index (χ0) is 16.3. The molecule has 0 saturated carbocycles. The Bertz CT molecular complexity index is 167. The lowest BCUT2D eigenvalue weighted by Gasteiger charge is -1.98. The van der Waals surface area contributed by atoms with Gasteiger partial charge in [0.1, 0.15) is 24.0 Å². The van der Waals surface area contributed by atoms with Crippen molar-refractivity contribution in [3.63, 3.8) is 0 Å². The molecule has 0 aliphatic heterocycles. The van der Waals surface area contributed by atoms with Crippen molar-refractivity contribution in [2.24, 2.45) is 0 Å². The Kier molecular flexibility index (Phi) is 15.4. The number of hydrogen-bond acceptors (Lipinski definition) is 0. The van der Waals surface area contributed by atoms with E-state index < -0.39 is 14.5 Å². The summed E-state index contributed by atoms with van der Waals surface area (Å²) >= 11 is 0. The molecular weight excluding hydrogens is 322 g/mol. The number of rotatable bonds is 4. The molecule has 2 unspecified atom stereocenters. The van der Waals surface area contributed by atoms with E-state index in [0.29, 0.717) is 21.8 Å². The Morgan fingerprint density at radius 1 is 0.632 bits per heavy atom. The van der Waals surface area contributed by atoms with Gasteiger partial charge in [0.25, 0.3) is 5.08 Å². The van der Waals surface area contributed by atoms with Crippen LogP contribution in [0, 0.1) is 0 Å². The molecule has 0 aliphatic carbocycles. The third-order valence-corrected chi connectivity index (χ3v) is 6.58. The van der Waals surface area contributed by atoms with Crippen molar-refractivity contribution in [2.75, 3.05) is 29.1 Å². The average molecular weight is 340 g/mol. The van der Waals surface area contributed by atoms with Gasteiger partial charge in [-0.25, -0.2) is 0 Å². The molecular formula is C7H18B2F8S2. The van der Waals surface area contributed by atoms with Crippen molar-refractivity contribution in [3.8, 4) is 0 Å². The van der Waals surface area contributed by atoms with E-state index in [-0.39, 0.29) is 0 Å². The smallest absolute Gasteiger partial charge is 0.418 e. The van der Waals surface area contributed by atoms with Crippen LogP contribution in [-0.2, 0) is 21.8 Å². The van der Waals surface area contributed by atoms with Crippen LogP contribution in [0.5, 0.6) is 0 Å². The summed E-state index contributed by atoms with van der Waals surface area (Å²) in [6, 6.07) is 0. The van der Waals surface area contributed by atoms with Gasteiger partial charge in [-0.05, 0) is 13.8 Å². The highest BCUT2D eigenvalue weighted by atomic mass is 32.3. The van der Waals surface area contributed by atoms with Crippen LogP contribution in [0.3, 0.4) is 0 Å². The van der Waals surface area contributed by atoms with Crippen LogP contribution in [-0.4, -0.2) is 43.6 Å². The second kappa shape index (κ2) is 12.0. The van der Waals surface area contributed by atoms with Gasteiger partial charge in [0, 0.05) is 21.8 Å². The highest BCUT2D eigenvalue weighted by Crippen LogP contribution is 2.07. The Morgan fingerprint density at radius 2 is 0.789 bits per heavy atom. The Hall–Kier alpha value is 0.270. The van der Waals surface area contributed by atoms with E-state index in [1.165, 1.54) is 16.6 Å². The van der Waals surface area contributed by atoms with Crippen molar-refractivity contribution in [1.82, 2.24) is 0 Å². The molecule has 0 rings (SSSR count). The standard InChI is InChI=1S/C7H18S2.2BF4/c1-5-8(3)7-9(4)6-2;2*2-1(3,4)5/h5-7H2,1-4H3;;/q+2;2*-1. The topological polar surface area (TPSA) is 0 Å². The van der Waals surface area contributed by atoms with E-state index in [9.17, 15) is 34.5 Å². The zero-order valence-corrected chi connectivity index (χ0v) is 12.7. The fourth-order valence-electron chi connectivity index (χ4n) is 0.510. The van der Waals surface area contributed by atoms with Crippen LogP contribution in [0.4, 0.5) is 34.5 Å². The van der Waals surface area contributed by atoms with Gasteiger partial charge in [-0.15, -0.1) is 0 Å². The first-order chi connectivity index (χ1) is 8.20. The summed E-state index contributed by atoms with van der Waals surface area (Å²) in [5, 5.41) is 1.47. The van der Waals surface area contributed by atoms with Crippen LogP contribution in [0.25, 0.3) is 0 Å². The molecule has 0 aromatic rings. The lowest BCUT2D eigenvalue weighted by molar-refractivity contribution is 0.366. The van der Waals surface area contributed by atoms with Gasteiger partial charge >= 0.3 is 14.5 Å². The summed E-state index contributed by atoms with van der Waals surface area (Å²) in [6.07, 6.45) is 4.75. The Morgan fingerprint density at radius 3 is 0.895 bits per heavy atom. The van der Waals surface area contributed by atoms with Crippen molar-refractivity contribution >= 4 is 36.3 Å². The molecule has 12 heteroatoms. The minimum atomic E-state index is -6.00. The van der Waals surface area contributed by atoms with Gasteiger partial charge in [-0.3, -0.25) is 0 Å². The van der Waals surface area contributed by atoms with Crippen LogP contribution < -0.4 is 0 Å². The fourth-order valence-corrected chi connectivity index (χ4v) is 4.59. The van der Waals surface area contributed by atoms with E-state index in [1.807, 2.05) is 0 Å². The number of halogens is 8. The SMILES string of the molecule is CC[S+](C)C[S+](C)CC.F[B-](F)(F)F.F[B-](F)(F)F. The minimum absolute atomic E-state index is 0.705. The van der Waals surface area contributed by atoms with Gasteiger partial charge < -0.3 is 34.5 Å². The molecule has 0 fully saturated rings. The first kappa shape index (κ1) is 24.3. The van der Waals surface area contributed by atoms with Gasteiger partial charge in [0.2, 0.25) is 0 Å². The third kappa shape index (κ3) is 70.7. The summed E-state index contributed by atoms with van der Waals surface area (Å²) in [6.45, 7) is 4.58. The molecule has 19 heavy (non-hydrogen) atoms. The molecule has 0 nitrogen and oxygen atoms in total. The summed E-state index contributed by atoms with van der Waals surface area (Å²) in [7, 11) is -10.6. The molecule has 0 radical (unpaired) electrons. The molecule has 0 aromatic heterocycles. The first-order valence-electron chi connectivity index (χ1n) is 5.13. The number of hydrogen-bond donors (Lipinski definition) is 0. The lowest BCUT2D eigenvalue weighted by atomic mass is 10.3. The van der Waals surface area contributed by atoms with Crippen LogP contribution in [0.15, 0.2) is 0 Å². The predicted octanol–water partition coefficient (Wildman–Crippen LogP) is 4.08. The van der Waals surface area contributed by atoms with Crippen molar-refractivity contribution in [3.05, 3.63) is 0 Å². The Labute approximate surface area is 114 Å². The van der Waals surface area contributed by atoms with E-state index in [0.717, 1.165) is 0 Å². The second-order valence-corrected chi connectivity index (χ2v) is 8.47. The molecule has 0 aliphatic rings. The van der Waals surface area contributed by atoms with E-state index in [4.69, 9.17) is 0 Å². The van der Waals surface area contributed by atoms with Crippen molar-refractivity contribution in [2.45, 2.75) is 13.8 Å². The fraction of sp³-hybridized carbons (Fsp3) is 1.00. The van der Waals surface area contributed by atoms with Gasteiger partial charge in [0.15, 0.2) is 0 Å². The van der Waals surface area contributed by atoms with Gasteiger partial charge in [-0.1, -0.05) is 0 Å². The molecule has 2 atom stereocenters. The van der Waals surface area contributed by atoms with Crippen LogP contribution >= 0.6 is 0 Å². The predicted molar refractivity (Wildman–Crippen MR) is 72.9 cm³/mol. The zero-order valence-electron chi connectivity index (χ0n) is 11.1. The highest BCUT2D eigenvalue weighted by Gasteiger charge is 2.21. The normalized spacial score (nSPS) is 14.5. The Balaban J connectivity index is -0.000000219. The molecule has 0 aromatic carbocycles. The van der Waals surface area contributed by atoms with Crippen molar-refractivity contribution in [1.29, 1.82) is 0 Å². The average Bonchev–Trinajstić information content (AvgIpc) is 2.12. The summed E-state index contributed by atoms with van der Waals surface area (Å²) in [5.74, 6) is 2.74. The molecule has 120 valence electrons. The first-order valence-corrected chi connectivity index (χ1v) is 9.07. The molecule has 0 amide bonds. The lowest BCUT2D eigenvalue weighted by Crippen LogP contribution is -2.17. The maximum Gasteiger partial charge on any atom is 0.673 e. The summed E-state index contributed by atoms with van der Waals surface area (Å²) < 4.78 is 78.0. The van der Waals surface area contributed by atoms with E-state index in [2.05, 4.69) is 26.4 Å². The highest BCUT2D eigenvalue weighted by molar-refractivity contribution is 8.12. The molecule has 0 bridgehead atoms. The molecule has 0 N–H and O–H groups in total. The van der Waals surface area contributed by atoms with Gasteiger partial charge in [-0.2, -0.15) is 0 Å². The van der Waals surface area contributed by atoms with E-state index >= 15 is 0 Å². The second-order valence-electron chi connectivity index (χ2n) is 3.25. The molecule has 0 saturated heterocycles. The summed E-state index contributed by atoms with van der Waals surface area (Å²) in [5.41, 5.74) is 0. The van der Waals surface area contributed by atoms with Crippen LogP contribution in [0.2, 0.25) is 0 Å². The van der Waals surface area contributed by atoms with E-state index in [1.54, 1.807) is 0 Å². The maximum atomic E-state index is 9.75. The summed E-state index contributed by atoms with van der Waals surface area (Å²) in [4.78, 5) is 0. The third-order valence-electron chi connectivity index (χ3n) is 1.39. The molecule has 0 spiro atoms. The largest absolute Gasteiger partial charge is 0.673 e. The quantitative estimate of drug-likeness (QED) is 0.411. The molecule has 0 heterocycles. The van der Waals surface area contributed by atoms with Crippen LogP contribution in [0.1, 0.15) is 13.8 Å². The van der Waals surface area contributed by atoms with Crippen molar-refractivity contribution < 1.29 is 34.5 Å². The maximum absolute atomic E-state index is 9.75. The van der Waals surface area contributed by atoms with Gasteiger partial charge in [0.05, 0.1) is 0 Å². The minimum Gasteiger partial charge on any atom is -0.418 e. The monoisotopic (exact) mass is 340 g/mol.